The lowest BCUT2D eigenvalue weighted by molar-refractivity contribution is -0.111. The van der Waals surface area contributed by atoms with Crippen LogP contribution in [0.25, 0.3) is 0 Å². The van der Waals surface area contributed by atoms with Gasteiger partial charge in [0.05, 0.1) is 5.60 Å². The second kappa shape index (κ2) is 4.42. The van der Waals surface area contributed by atoms with Gasteiger partial charge in [0, 0.05) is 6.54 Å². The monoisotopic (exact) mass is 213 g/mol. The fraction of sp³-hybridized carbons (Fsp3) is 1.00. The normalized spacial score (nSPS) is 32.4. The minimum Gasteiger partial charge on any atom is -0.388 e. The van der Waals surface area contributed by atoms with Gasteiger partial charge in [0.1, 0.15) is 0 Å². The van der Waals surface area contributed by atoms with Crippen molar-refractivity contribution in [2.45, 2.75) is 59.0 Å². The van der Waals surface area contributed by atoms with Crippen LogP contribution in [-0.4, -0.2) is 17.3 Å². The van der Waals surface area contributed by atoms with Gasteiger partial charge in [-0.15, -0.1) is 0 Å². The molecule has 1 rings (SSSR count). The van der Waals surface area contributed by atoms with E-state index < -0.39 is 5.60 Å². The Morgan fingerprint density at radius 1 is 1.27 bits per heavy atom. The highest BCUT2D eigenvalue weighted by atomic mass is 16.3. The molecule has 1 aliphatic carbocycles. The van der Waals surface area contributed by atoms with E-state index in [2.05, 4.69) is 27.7 Å². The third-order valence-electron chi connectivity index (χ3n) is 4.22. The summed E-state index contributed by atoms with van der Waals surface area (Å²) in [7, 11) is 0. The Bertz CT molecular complexity index is 209. The summed E-state index contributed by atoms with van der Waals surface area (Å²) >= 11 is 0. The molecule has 0 heterocycles. The van der Waals surface area contributed by atoms with E-state index in [1.165, 1.54) is 12.8 Å². The van der Waals surface area contributed by atoms with Crippen molar-refractivity contribution in [1.82, 2.24) is 0 Å². The van der Waals surface area contributed by atoms with E-state index in [4.69, 9.17) is 5.73 Å². The molecule has 3 atom stereocenters. The Kier molecular flexibility index (Phi) is 3.83. The summed E-state index contributed by atoms with van der Waals surface area (Å²) in [5.74, 6) is 1.12. The molecule has 0 aromatic rings. The lowest BCUT2D eigenvalue weighted by Crippen LogP contribution is -2.55. The first-order valence-corrected chi connectivity index (χ1v) is 6.23. The quantitative estimate of drug-likeness (QED) is 0.740. The molecule has 0 radical (unpaired) electrons. The van der Waals surface area contributed by atoms with E-state index in [1.807, 2.05) is 0 Å². The zero-order valence-electron chi connectivity index (χ0n) is 10.7. The van der Waals surface area contributed by atoms with Crippen LogP contribution in [0, 0.1) is 17.3 Å². The average Bonchev–Trinajstić information content (AvgIpc) is 2.14. The smallest absolute Gasteiger partial charge is 0.0845 e. The van der Waals surface area contributed by atoms with Crippen LogP contribution in [-0.2, 0) is 0 Å². The van der Waals surface area contributed by atoms with Crippen molar-refractivity contribution in [2.75, 3.05) is 6.54 Å². The molecule has 0 saturated heterocycles. The Balaban J connectivity index is 2.81. The van der Waals surface area contributed by atoms with Gasteiger partial charge >= 0.3 is 0 Å². The summed E-state index contributed by atoms with van der Waals surface area (Å²) in [5, 5.41) is 10.8. The molecule has 2 heteroatoms. The van der Waals surface area contributed by atoms with Gasteiger partial charge in [0.25, 0.3) is 0 Å². The van der Waals surface area contributed by atoms with E-state index >= 15 is 0 Å². The highest BCUT2D eigenvalue weighted by Gasteiger charge is 2.46. The predicted octanol–water partition coefficient (Wildman–Crippen LogP) is 2.55. The summed E-state index contributed by atoms with van der Waals surface area (Å²) in [5.41, 5.74) is 5.01. The fourth-order valence-electron chi connectivity index (χ4n) is 2.95. The molecule has 0 amide bonds. The Morgan fingerprint density at radius 3 is 2.27 bits per heavy atom. The number of hydrogen-bond donors (Lipinski definition) is 2. The van der Waals surface area contributed by atoms with Crippen LogP contribution >= 0.6 is 0 Å². The molecule has 1 saturated carbocycles. The number of hydrogen-bond acceptors (Lipinski definition) is 2. The summed E-state index contributed by atoms with van der Waals surface area (Å²) < 4.78 is 0. The van der Waals surface area contributed by atoms with Crippen LogP contribution in [0.15, 0.2) is 0 Å². The van der Waals surface area contributed by atoms with Crippen LogP contribution < -0.4 is 5.73 Å². The highest BCUT2D eigenvalue weighted by molar-refractivity contribution is 4.98. The minimum atomic E-state index is -0.693. The molecule has 1 fully saturated rings. The summed E-state index contributed by atoms with van der Waals surface area (Å²) in [6.07, 6.45) is 4.81. The predicted molar refractivity (Wildman–Crippen MR) is 64.6 cm³/mol. The summed E-state index contributed by atoms with van der Waals surface area (Å²) in [6.45, 7) is 8.96. The topological polar surface area (TPSA) is 46.2 Å². The molecule has 0 aromatic carbocycles. The SMILES string of the molecule is CC1CCCC(C(O)(CN)C(C)(C)C)C1. The first-order chi connectivity index (χ1) is 6.81. The van der Waals surface area contributed by atoms with Gasteiger partial charge in [0.15, 0.2) is 0 Å². The van der Waals surface area contributed by atoms with Gasteiger partial charge in [-0.2, -0.15) is 0 Å². The molecule has 0 aliphatic heterocycles. The van der Waals surface area contributed by atoms with Crippen LogP contribution in [0.5, 0.6) is 0 Å². The third-order valence-corrected chi connectivity index (χ3v) is 4.22. The van der Waals surface area contributed by atoms with Crippen LogP contribution in [0.3, 0.4) is 0 Å². The van der Waals surface area contributed by atoms with E-state index in [9.17, 15) is 5.11 Å². The minimum absolute atomic E-state index is 0.122. The van der Waals surface area contributed by atoms with Crippen molar-refractivity contribution in [3.8, 4) is 0 Å². The molecule has 0 bridgehead atoms. The maximum Gasteiger partial charge on any atom is 0.0845 e. The first kappa shape index (κ1) is 13.0. The molecule has 0 aromatic heterocycles. The van der Waals surface area contributed by atoms with Gasteiger partial charge in [-0.1, -0.05) is 40.5 Å². The molecule has 3 N–H and O–H groups in total. The Labute approximate surface area is 94.2 Å². The molecule has 3 unspecified atom stereocenters. The lowest BCUT2D eigenvalue weighted by Gasteiger charge is -2.47. The zero-order chi connectivity index (χ0) is 11.7. The highest BCUT2D eigenvalue weighted by Crippen LogP contribution is 2.43. The average molecular weight is 213 g/mol. The fourth-order valence-corrected chi connectivity index (χ4v) is 2.95. The molecular weight excluding hydrogens is 186 g/mol. The second-order valence-electron chi connectivity index (χ2n) is 6.35. The number of aliphatic hydroxyl groups is 1. The van der Waals surface area contributed by atoms with Crippen LogP contribution in [0.1, 0.15) is 53.4 Å². The zero-order valence-corrected chi connectivity index (χ0v) is 10.7. The van der Waals surface area contributed by atoms with E-state index in [-0.39, 0.29) is 5.41 Å². The van der Waals surface area contributed by atoms with Crippen LogP contribution in [0.2, 0.25) is 0 Å². The third kappa shape index (κ3) is 2.54. The van der Waals surface area contributed by atoms with Crippen molar-refractivity contribution in [3.05, 3.63) is 0 Å². The number of rotatable bonds is 2. The van der Waals surface area contributed by atoms with Gasteiger partial charge in [-0.05, 0) is 30.1 Å². The van der Waals surface area contributed by atoms with Crippen molar-refractivity contribution in [1.29, 1.82) is 0 Å². The van der Waals surface area contributed by atoms with Crippen molar-refractivity contribution < 1.29 is 5.11 Å². The maximum atomic E-state index is 10.8. The molecule has 90 valence electrons. The standard InChI is InChI=1S/C13H27NO/c1-10-6-5-7-11(8-10)13(15,9-14)12(2,3)4/h10-11,15H,5-9,14H2,1-4H3. The summed E-state index contributed by atoms with van der Waals surface area (Å²) in [4.78, 5) is 0. The maximum absolute atomic E-state index is 10.8. The first-order valence-electron chi connectivity index (χ1n) is 6.23. The van der Waals surface area contributed by atoms with Gasteiger partial charge in [-0.25, -0.2) is 0 Å². The van der Waals surface area contributed by atoms with E-state index in [0.717, 1.165) is 18.8 Å². The lowest BCUT2D eigenvalue weighted by atomic mass is 9.63. The van der Waals surface area contributed by atoms with Gasteiger partial charge in [0.2, 0.25) is 0 Å². The van der Waals surface area contributed by atoms with E-state index in [0.29, 0.717) is 12.5 Å². The van der Waals surface area contributed by atoms with Crippen molar-refractivity contribution >= 4 is 0 Å². The number of nitrogens with two attached hydrogens (primary N) is 1. The van der Waals surface area contributed by atoms with E-state index in [1.54, 1.807) is 0 Å². The second-order valence-corrected chi connectivity index (χ2v) is 6.35. The molecule has 1 aliphatic rings. The molecule has 2 nitrogen and oxygen atoms in total. The van der Waals surface area contributed by atoms with Crippen molar-refractivity contribution in [2.24, 2.45) is 23.0 Å². The Hall–Kier alpha value is -0.0800. The Morgan fingerprint density at radius 2 is 1.87 bits per heavy atom. The van der Waals surface area contributed by atoms with Gasteiger partial charge in [-0.3, -0.25) is 0 Å². The largest absolute Gasteiger partial charge is 0.388 e. The molecule has 0 spiro atoms. The van der Waals surface area contributed by atoms with Crippen molar-refractivity contribution in [3.63, 3.8) is 0 Å². The van der Waals surface area contributed by atoms with Gasteiger partial charge < -0.3 is 10.8 Å². The molecular formula is C13H27NO. The summed E-state index contributed by atoms with van der Waals surface area (Å²) in [6, 6.07) is 0. The van der Waals surface area contributed by atoms with Crippen LogP contribution in [0.4, 0.5) is 0 Å². The molecule has 15 heavy (non-hydrogen) atoms.